The van der Waals surface area contributed by atoms with Crippen molar-refractivity contribution < 1.29 is 9.47 Å². The van der Waals surface area contributed by atoms with Gasteiger partial charge in [0.25, 0.3) is 0 Å². The van der Waals surface area contributed by atoms with Crippen molar-refractivity contribution in [2.45, 2.75) is 6.92 Å². The van der Waals surface area contributed by atoms with Crippen LogP contribution in [0.5, 0.6) is 11.5 Å². The summed E-state index contributed by atoms with van der Waals surface area (Å²) >= 11 is 0. The smallest absolute Gasteiger partial charge is 0.249 e. The van der Waals surface area contributed by atoms with Crippen molar-refractivity contribution in [3.63, 3.8) is 0 Å². The van der Waals surface area contributed by atoms with Crippen LogP contribution in [-0.2, 0) is 0 Å². The van der Waals surface area contributed by atoms with Crippen LogP contribution in [0.2, 0.25) is 0 Å². The highest BCUT2D eigenvalue weighted by Crippen LogP contribution is 2.30. The summed E-state index contributed by atoms with van der Waals surface area (Å²) in [6.45, 7) is 2.03. The zero-order valence-corrected chi connectivity index (χ0v) is 14.3. The summed E-state index contributed by atoms with van der Waals surface area (Å²) < 4.78 is 10.6. The lowest BCUT2D eigenvalue weighted by atomic mass is 10.2. The lowest BCUT2D eigenvalue weighted by molar-refractivity contribution is 0.395. The van der Waals surface area contributed by atoms with Gasteiger partial charge in [0.2, 0.25) is 5.95 Å². The molecule has 0 bridgehead atoms. The van der Waals surface area contributed by atoms with E-state index in [4.69, 9.17) is 9.47 Å². The molecular weight excluding hydrogens is 318 g/mol. The number of aryl methyl sites for hydroxylation is 1. The van der Waals surface area contributed by atoms with Crippen LogP contribution in [0, 0.1) is 6.92 Å². The second-order valence-corrected chi connectivity index (χ2v) is 5.30. The number of hydrogen-bond acceptors (Lipinski definition) is 7. The van der Waals surface area contributed by atoms with Gasteiger partial charge in [-0.1, -0.05) is 18.2 Å². The van der Waals surface area contributed by atoms with Gasteiger partial charge in [0.05, 0.1) is 26.1 Å². The molecule has 2 aromatic carbocycles. The molecule has 0 saturated carbocycles. The van der Waals surface area contributed by atoms with Crippen LogP contribution in [0.1, 0.15) is 5.56 Å². The van der Waals surface area contributed by atoms with Gasteiger partial charge in [-0.3, -0.25) is 0 Å². The Morgan fingerprint density at radius 1 is 0.920 bits per heavy atom. The monoisotopic (exact) mass is 337 g/mol. The molecule has 0 saturated heterocycles. The standard InChI is InChI=1S/C18H19N5O2/c1-12-6-4-5-7-14(12)20-17-11-19-23-18(22-17)21-15-9-8-13(24-2)10-16(15)25-3/h4-11H,1-3H3,(H2,20,21,22,23). The Morgan fingerprint density at radius 3 is 2.52 bits per heavy atom. The first-order chi connectivity index (χ1) is 12.2. The van der Waals surface area contributed by atoms with Crippen LogP contribution in [-0.4, -0.2) is 29.4 Å². The maximum absolute atomic E-state index is 5.37. The summed E-state index contributed by atoms with van der Waals surface area (Å²) in [5.74, 6) is 2.29. The van der Waals surface area contributed by atoms with Crippen molar-refractivity contribution in [2.24, 2.45) is 0 Å². The number of hydrogen-bond donors (Lipinski definition) is 2. The minimum atomic E-state index is 0.363. The van der Waals surface area contributed by atoms with Crippen molar-refractivity contribution in [3.8, 4) is 11.5 Å². The molecule has 0 aliphatic heterocycles. The van der Waals surface area contributed by atoms with E-state index in [1.165, 1.54) is 0 Å². The third-order valence-corrected chi connectivity index (χ3v) is 3.62. The van der Waals surface area contributed by atoms with Gasteiger partial charge in [0, 0.05) is 11.8 Å². The van der Waals surface area contributed by atoms with Gasteiger partial charge in [0.1, 0.15) is 11.5 Å². The molecule has 7 nitrogen and oxygen atoms in total. The number of nitrogens with one attached hydrogen (secondary N) is 2. The molecule has 25 heavy (non-hydrogen) atoms. The fourth-order valence-corrected chi connectivity index (χ4v) is 2.29. The van der Waals surface area contributed by atoms with E-state index in [0.29, 0.717) is 23.3 Å². The van der Waals surface area contributed by atoms with E-state index in [2.05, 4.69) is 25.8 Å². The van der Waals surface area contributed by atoms with Crippen molar-refractivity contribution in [3.05, 3.63) is 54.2 Å². The summed E-state index contributed by atoms with van der Waals surface area (Å²) in [6, 6.07) is 13.4. The molecule has 0 amide bonds. The minimum Gasteiger partial charge on any atom is -0.497 e. The van der Waals surface area contributed by atoms with Crippen LogP contribution in [0.3, 0.4) is 0 Å². The van der Waals surface area contributed by atoms with Gasteiger partial charge >= 0.3 is 0 Å². The Bertz CT molecular complexity index is 870. The first-order valence-corrected chi connectivity index (χ1v) is 7.71. The van der Waals surface area contributed by atoms with Crippen molar-refractivity contribution in [2.75, 3.05) is 24.9 Å². The number of para-hydroxylation sites is 1. The molecule has 0 atom stereocenters. The van der Waals surface area contributed by atoms with E-state index in [-0.39, 0.29) is 0 Å². The summed E-state index contributed by atoms with van der Waals surface area (Å²) in [4.78, 5) is 4.44. The fraction of sp³-hybridized carbons (Fsp3) is 0.167. The quantitative estimate of drug-likeness (QED) is 0.710. The third-order valence-electron chi connectivity index (χ3n) is 3.62. The van der Waals surface area contributed by atoms with Gasteiger partial charge < -0.3 is 20.1 Å². The average Bonchev–Trinajstić information content (AvgIpc) is 2.64. The van der Waals surface area contributed by atoms with Crippen LogP contribution >= 0.6 is 0 Å². The number of methoxy groups -OCH3 is 2. The zero-order valence-electron chi connectivity index (χ0n) is 14.3. The molecular formula is C18H19N5O2. The van der Waals surface area contributed by atoms with E-state index < -0.39 is 0 Å². The Balaban J connectivity index is 1.81. The van der Waals surface area contributed by atoms with Gasteiger partial charge in [-0.25, -0.2) is 0 Å². The number of nitrogens with zero attached hydrogens (tertiary/aromatic N) is 3. The summed E-state index contributed by atoms with van der Waals surface area (Å²) in [5, 5.41) is 14.4. The molecule has 3 rings (SSSR count). The molecule has 2 N–H and O–H groups in total. The Kier molecular flexibility index (Phi) is 4.94. The topological polar surface area (TPSA) is 81.2 Å². The fourth-order valence-electron chi connectivity index (χ4n) is 2.29. The summed E-state index contributed by atoms with van der Waals surface area (Å²) in [5.41, 5.74) is 2.81. The number of anilines is 4. The second-order valence-electron chi connectivity index (χ2n) is 5.30. The van der Waals surface area contributed by atoms with Gasteiger partial charge in [-0.15, -0.1) is 5.10 Å². The Hall–Kier alpha value is -3.35. The summed E-state index contributed by atoms with van der Waals surface area (Å²) in [7, 11) is 3.20. The van der Waals surface area contributed by atoms with E-state index in [1.54, 1.807) is 26.5 Å². The Morgan fingerprint density at radius 2 is 1.76 bits per heavy atom. The Labute approximate surface area is 146 Å². The first kappa shape index (κ1) is 16.5. The minimum absolute atomic E-state index is 0.363. The molecule has 1 aromatic heterocycles. The van der Waals surface area contributed by atoms with Gasteiger partial charge in [0.15, 0.2) is 5.82 Å². The molecule has 1 heterocycles. The molecule has 0 aliphatic rings. The SMILES string of the molecule is COc1ccc(Nc2nncc(Nc3ccccc3C)n2)c(OC)c1. The highest BCUT2D eigenvalue weighted by Gasteiger charge is 2.08. The zero-order chi connectivity index (χ0) is 17.6. The normalized spacial score (nSPS) is 10.2. The molecule has 0 aliphatic carbocycles. The maximum Gasteiger partial charge on any atom is 0.249 e. The largest absolute Gasteiger partial charge is 0.497 e. The van der Waals surface area contributed by atoms with Gasteiger partial charge in [-0.05, 0) is 30.7 Å². The predicted molar refractivity (Wildman–Crippen MR) is 97.1 cm³/mol. The highest BCUT2D eigenvalue weighted by molar-refractivity contribution is 5.65. The van der Waals surface area contributed by atoms with Crippen molar-refractivity contribution in [1.29, 1.82) is 0 Å². The lowest BCUT2D eigenvalue weighted by Crippen LogP contribution is -2.04. The molecule has 3 aromatic rings. The maximum atomic E-state index is 5.37. The summed E-state index contributed by atoms with van der Waals surface area (Å²) in [6.07, 6.45) is 1.57. The molecule has 0 spiro atoms. The number of aromatic nitrogens is 3. The number of benzene rings is 2. The highest BCUT2D eigenvalue weighted by atomic mass is 16.5. The molecule has 0 unspecified atom stereocenters. The molecule has 7 heteroatoms. The number of rotatable bonds is 6. The second kappa shape index (κ2) is 7.48. The lowest BCUT2D eigenvalue weighted by Gasteiger charge is -2.12. The molecule has 0 fully saturated rings. The first-order valence-electron chi connectivity index (χ1n) is 7.71. The van der Waals surface area contributed by atoms with E-state index >= 15 is 0 Å². The predicted octanol–water partition coefficient (Wildman–Crippen LogP) is 3.68. The number of ether oxygens (including phenoxy) is 2. The molecule has 128 valence electrons. The van der Waals surface area contributed by atoms with Crippen LogP contribution < -0.4 is 20.1 Å². The van der Waals surface area contributed by atoms with Crippen molar-refractivity contribution in [1.82, 2.24) is 15.2 Å². The van der Waals surface area contributed by atoms with Gasteiger partial charge in [-0.2, -0.15) is 10.1 Å². The van der Waals surface area contributed by atoms with E-state index in [9.17, 15) is 0 Å². The van der Waals surface area contributed by atoms with Crippen LogP contribution in [0.4, 0.5) is 23.1 Å². The molecule has 0 radical (unpaired) electrons. The third kappa shape index (κ3) is 3.95. The van der Waals surface area contributed by atoms with Crippen LogP contribution in [0.25, 0.3) is 0 Å². The van der Waals surface area contributed by atoms with E-state index in [0.717, 1.165) is 16.9 Å². The van der Waals surface area contributed by atoms with Crippen molar-refractivity contribution >= 4 is 23.1 Å². The van der Waals surface area contributed by atoms with E-state index in [1.807, 2.05) is 43.3 Å². The average molecular weight is 337 g/mol. The van der Waals surface area contributed by atoms with Crippen LogP contribution in [0.15, 0.2) is 48.7 Å².